The second-order valence-electron chi connectivity index (χ2n) is 1.64. The highest BCUT2D eigenvalue weighted by molar-refractivity contribution is 5.53. The van der Waals surface area contributed by atoms with Crippen molar-refractivity contribution in [2.75, 3.05) is 6.61 Å². The Morgan fingerprint density at radius 2 is 1.23 bits per heavy atom. The predicted octanol–water partition coefficient (Wildman–Crippen LogP) is 1.22. The predicted molar refractivity (Wildman–Crippen MR) is 43.3 cm³/mol. The van der Waals surface area contributed by atoms with Crippen LogP contribution in [0.5, 0.6) is 0 Å². The third-order valence-corrected chi connectivity index (χ3v) is 0.512. The molecule has 0 saturated carbocycles. The number of carboxylic acid groups (broad SMARTS) is 4. The lowest BCUT2D eigenvalue weighted by molar-refractivity contribution is 0.135. The third-order valence-electron chi connectivity index (χ3n) is 0.512. The molecule has 0 atom stereocenters. The first-order chi connectivity index (χ1) is 5.88. The Hall–Kier alpha value is -1.50. The Morgan fingerprint density at radius 3 is 1.23 bits per heavy atom. The van der Waals surface area contributed by atoms with Crippen LogP contribution < -0.4 is 0 Å². The van der Waals surface area contributed by atoms with Gasteiger partial charge in [-0.2, -0.15) is 0 Å². The summed E-state index contributed by atoms with van der Waals surface area (Å²) >= 11 is 0. The van der Waals surface area contributed by atoms with Gasteiger partial charge in [-0.3, -0.25) is 0 Å². The zero-order valence-corrected chi connectivity index (χ0v) is 7.17. The van der Waals surface area contributed by atoms with Crippen molar-refractivity contribution in [1.82, 2.24) is 0 Å². The van der Waals surface area contributed by atoms with E-state index < -0.39 is 12.3 Å². The van der Waals surface area contributed by atoms with Crippen molar-refractivity contribution < 1.29 is 35.1 Å². The van der Waals surface area contributed by atoms with Crippen molar-refractivity contribution in [3.8, 4) is 0 Å². The molecule has 0 aliphatic heterocycles. The van der Waals surface area contributed by atoms with Crippen LogP contribution in [0.25, 0.3) is 0 Å². The molecule has 0 aliphatic rings. The molecule has 0 amide bonds. The van der Waals surface area contributed by atoms with Crippen molar-refractivity contribution in [2.24, 2.45) is 0 Å². The van der Waals surface area contributed by atoms with Gasteiger partial charge in [0.25, 0.3) is 0 Å². The highest BCUT2D eigenvalue weighted by Gasteiger charge is 1.70. The average molecular weight is 198 g/mol. The molecule has 0 spiro atoms. The fraction of sp³-hybridized carbons (Fsp3) is 0.667. The zero-order chi connectivity index (χ0) is 11.3. The summed E-state index contributed by atoms with van der Waals surface area (Å²) in [6.07, 6.45) is -1.63. The molecule has 0 heterocycles. The molecule has 0 aromatic rings. The molecule has 0 radical (unpaired) electrons. The van der Waals surface area contributed by atoms with E-state index >= 15 is 0 Å². The van der Waals surface area contributed by atoms with E-state index in [1.807, 2.05) is 0 Å². The van der Waals surface area contributed by atoms with Crippen LogP contribution in [0.2, 0.25) is 0 Å². The molecule has 80 valence electrons. The molecule has 0 saturated heterocycles. The summed E-state index contributed by atoms with van der Waals surface area (Å²) < 4.78 is 0. The first-order valence-corrected chi connectivity index (χ1v) is 3.33. The van der Waals surface area contributed by atoms with Gasteiger partial charge in [0, 0.05) is 6.61 Å². The summed E-state index contributed by atoms with van der Waals surface area (Å²) in [7, 11) is 0. The Kier molecular flexibility index (Phi) is 22.7. The summed E-state index contributed by atoms with van der Waals surface area (Å²) in [6, 6.07) is 0. The number of hydrogen-bond acceptors (Lipinski definition) is 3. The monoisotopic (exact) mass is 198 g/mol. The number of aliphatic hydroxyl groups excluding tert-OH is 1. The summed E-state index contributed by atoms with van der Waals surface area (Å²) in [5.74, 6) is 0. The Balaban J connectivity index is -0.000000117. The first-order valence-electron chi connectivity index (χ1n) is 3.33. The zero-order valence-electron chi connectivity index (χ0n) is 7.17. The van der Waals surface area contributed by atoms with Crippen molar-refractivity contribution in [3.05, 3.63) is 0 Å². The molecule has 5 N–H and O–H groups in total. The second-order valence-corrected chi connectivity index (χ2v) is 1.64. The van der Waals surface area contributed by atoms with E-state index in [2.05, 4.69) is 6.92 Å². The second kappa shape index (κ2) is 16.8. The van der Waals surface area contributed by atoms with Crippen molar-refractivity contribution in [2.45, 2.75) is 19.8 Å². The minimum absolute atomic E-state index is 0.344. The molecule has 0 aromatic heterocycles. The van der Waals surface area contributed by atoms with Gasteiger partial charge >= 0.3 is 12.3 Å². The van der Waals surface area contributed by atoms with Crippen LogP contribution in [-0.2, 0) is 0 Å². The van der Waals surface area contributed by atoms with E-state index in [-0.39, 0.29) is 0 Å². The molecule has 0 fully saturated rings. The standard InChI is InChI=1S/C4H10O.2CH2O3/c1-2-3-4-5;2*2-1(3)4/h5H,2-4H2,1H3;2*(H2,2,3,4). The molecule has 0 bridgehead atoms. The molecule has 13 heavy (non-hydrogen) atoms. The normalized spacial score (nSPS) is 6.92. The summed E-state index contributed by atoms with van der Waals surface area (Å²) in [6.45, 7) is 2.40. The number of carbonyl (C=O) groups is 2. The molecule has 0 aliphatic carbocycles. The lowest BCUT2D eigenvalue weighted by Crippen LogP contribution is -1.81. The van der Waals surface area contributed by atoms with Crippen LogP contribution in [0.15, 0.2) is 0 Å². The van der Waals surface area contributed by atoms with Crippen LogP contribution in [0.3, 0.4) is 0 Å². The van der Waals surface area contributed by atoms with E-state index in [0.717, 1.165) is 12.8 Å². The van der Waals surface area contributed by atoms with Crippen LogP contribution in [0.1, 0.15) is 19.8 Å². The molecule has 0 unspecified atom stereocenters. The third kappa shape index (κ3) is 3030. The fourth-order valence-electron chi connectivity index (χ4n) is 0.158. The molecule has 0 aromatic carbocycles. The maximum atomic E-state index is 8.56. The van der Waals surface area contributed by atoms with Crippen molar-refractivity contribution in [3.63, 3.8) is 0 Å². The molecular formula is C6H14O7. The van der Waals surface area contributed by atoms with Crippen LogP contribution in [0, 0.1) is 0 Å². The molecular weight excluding hydrogens is 184 g/mol. The number of hydrogen-bond donors (Lipinski definition) is 5. The maximum Gasteiger partial charge on any atom is 0.503 e. The lowest BCUT2D eigenvalue weighted by Gasteiger charge is -1.79. The van der Waals surface area contributed by atoms with E-state index in [1.165, 1.54) is 0 Å². The quantitative estimate of drug-likeness (QED) is 0.450. The summed E-state index contributed by atoms with van der Waals surface area (Å²) in [5, 5.41) is 36.0. The molecule has 7 nitrogen and oxygen atoms in total. The van der Waals surface area contributed by atoms with E-state index in [9.17, 15) is 0 Å². The van der Waals surface area contributed by atoms with Gasteiger partial charge in [-0.25, -0.2) is 9.59 Å². The fourth-order valence-corrected chi connectivity index (χ4v) is 0.158. The van der Waals surface area contributed by atoms with Gasteiger partial charge in [0.15, 0.2) is 0 Å². The van der Waals surface area contributed by atoms with Crippen LogP contribution >= 0.6 is 0 Å². The van der Waals surface area contributed by atoms with Crippen molar-refractivity contribution >= 4 is 12.3 Å². The van der Waals surface area contributed by atoms with Gasteiger partial charge in [0.05, 0.1) is 0 Å². The Labute approximate surface area is 74.9 Å². The summed E-state index contributed by atoms with van der Waals surface area (Å²) in [4.78, 5) is 17.1. The number of unbranched alkanes of at least 4 members (excludes halogenated alkanes) is 1. The van der Waals surface area contributed by atoms with Gasteiger partial charge in [-0.15, -0.1) is 0 Å². The Bertz CT molecular complexity index is 100. The smallest absolute Gasteiger partial charge is 0.450 e. The SMILES string of the molecule is CCCCO.O=C(O)O.O=C(O)O. The minimum atomic E-state index is -1.83. The number of rotatable bonds is 2. The van der Waals surface area contributed by atoms with E-state index in [4.69, 9.17) is 35.1 Å². The lowest BCUT2D eigenvalue weighted by atomic mass is 10.4. The van der Waals surface area contributed by atoms with Crippen LogP contribution in [0.4, 0.5) is 9.59 Å². The largest absolute Gasteiger partial charge is 0.503 e. The minimum Gasteiger partial charge on any atom is -0.450 e. The maximum absolute atomic E-state index is 8.56. The van der Waals surface area contributed by atoms with E-state index in [1.54, 1.807) is 0 Å². The van der Waals surface area contributed by atoms with Crippen molar-refractivity contribution in [1.29, 1.82) is 0 Å². The summed E-state index contributed by atoms with van der Waals surface area (Å²) in [5.41, 5.74) is 0. The molecule has 0 rings (SSSR count). The van der Waals surface area contributed by atoms with Crippen LogP contribution in [-0.4, -0.2) is 44.5 Å². The Morgan fingerprint density at radius 1 is 1.00 bits per heavy atom. The topological polar surface area (TPSA) is 135 Å². The number of aliphatic hydroxyl groups is 1. The van der Waals surface area contributed by atoms with Gasteiger partial charge in [-0.1, -0.05) is 13.3 Å². The highest BCUT2D eigenvalue weighted by Crippen LogP contribution is 1.78. The van der Waals surface area contributed by atoms with Gasteiger partial charge in [-0.05, 0) is 6.42 Å². The average Bonchev–Trinajstić information content (AvgIpc) is 1.86. The highest BCUT2D eigenvalue weighted by atomic mass is 16.6. The molecule has 7 heteroatoms. The van der Waals surface area contributed by atoms with Gasteiger partial charge in [0.1, 0.15) is 0 Å². The van der Waals surface area contributed by atoms with Gasteiger partial charge in [0.2, 0.25) is 0 Å². The first kappa shape index (κ1) is 17.5. The van der Waals surface area contributed by atoms with E-state index in [0.29, 0.717) is 6.61 Å². The van der Waals surface area contributed by atoms with Gasteiger partial charge < -0.3 is 25.5 Å².